The van der Waals surface area contributed by atoms with Gasteiger partial charge in [0.2, 0.25) is 11.8 Å². The van der Waals surface area contributed by atoms with Gasteiger partial charge < -0.3 is 15.2 Å². The number of amides is 2. The van der Waals surface area contributed by atoms with E-state index in [9.17, 15) is 9.59 Å². The standard InChI is InChI=1S/C17H19N3O2S/c1-10-7-11-8-12(3-4-13(11)18-10)19-16(22)14-9-23-17(2)6-5-15(21)20(14)17/h3-4,7-8,14,18H,5-6,9H2,1-2H3,(H,19,22). The van der Waals surface area contributed by atoms with E-state index in [4.69, 9.17) is 0 Å². The number of aryl methyl sites for hydroxylation is 1. The molecule has 6 heteroatoms. The second-order valence-electron chi connectivity index (χ2n) is 6.51. The predicted molar refractivity (Wildman–Crippen MR) is 92.4 cm³/mol. The van der Waals surface area contributed by atoms with E-state index in [2.05, 4.69) is 23.3 Å². The highest BCUT2D eigenvalue weighted by atomic mass is 32.2. The summed E-state index contributed by atoms with van der Waals surface area (Å²) in [4.78, 5) is 29.6. The Morgan fingerprint density at radius 1 is 1.43 bits per heavy atom. The van der Waals surface area contributed by atoms with E-state index in [-0.39, 0.29) is 22.7 Å². The summed E-state index contributed by atoms with van der Waals surface area (Å²) < 4.78 is 0. The average molecular weight is 329 g/mol. The van der Waals surface area contributed by atoms with Crippen LogP contribution in [-0.4, -0.2) is 38.4 Å². The zero-order valence-electron chi connectivity index (χ0n) is 13.2. The van der Waals surface area contributed by atoms with Gasteiger partial charge in [-0.1, -0.05) is 0 Å². The lowest BCUT2D eigenvalue weighted by Crippen LogP contribution is -2.48. The van der Waals surface area contributed by atoms with Gasteiger partial charge in [-0.3, -0.25) is 9.59 Å². The molecule has 0 saturated carbocycles. The van der Waals surface area contributed by atoms with Crippen molar-refractivity contribution >= 4 is 40.2 Å². The summed E-state index contributed by atoms with van der Waals surface area (Å²) in [6, 6.07) is 7.50. The normalized spacial score (nSPS) is 26.8. The van der Waals surface area contributed by atoms with Gasteiger partial charge in [0.05, 0.1) is 4.87 Å². The van der Waals surface area contributed by atoms with E-state index < -0.39 is 0 Å². The molecular formula is C17H19N3O2S. The molecular weight excluding hydrogens is 310 g/mol. The van der Waals surface area contributed by atoms with Crippen LogP contribution >= 0.6 is 11.8 Å². The number of thioether (sulfide) groups is 1. The summed E-state index contributed by atoms with van der Waals surface area (Å²) in [6.45, 7) is 4.07. The smallest absolute Gasteiger partial charge is 0.248 e. The summed E-state index contributed by atoms with van der Waals surface area (Å²) in [5, 5.41) is 4.05. The zero-order chi connectivity index (χ0) is 16.2. The molecule has 0 radical (unpaired) electrons. The molecule has 2 fully saturated rings. The lowest BCUT2D eigenvalue weighted by molar-refractivity contribution is -0.135. The Hall–Kier alpha value is -1.95. The van der Waals surface area contributed by atoms with Crippen molar-refractivity contribution < 1.29 is 9.59 Å². The first-order valence-electron chi connectivity index (χ1n) is 7.83. The van der Waals surface area contributed by atoms with Crippen LogP contribution in [0.25, 0.3) is 10.9 Å². The van der Waals surface area contributed by atoms with Crippen LogP contribution in [0.2, 0.25) is 0 Å². The fraction of sp³-hybridized carbons (Fsp3) is 0.412. The zero-order valence-corrected chi connectivity index (χ0v) is 14.0. The minimum atomic E-state index is -0.372. The number of anilines is 1. The van der Waals surface area contributed by atoms with Gasteiger partial charge in [0, 0.05) is 34.5 Å². The monoisotopic (exact) mass is 329 g/mol. The number of aromatic amines is 1. The first-order chi connectivity index (χ1) is 11.0. The van der Waals surface area contributed by atoms with Crippen molar-refractivity contribution in [2.24, 2.45) is 0 Å². The maximum atomic E-state index is 12.7. The van der Waals surface area contributed by atoms with Crippen LogP contribution in [0.3, 0.4) is 0 Å². The van der Waals surface area contributed by atoms with Crippen LogP contribution in [0.4, 0.5) is 5.69 Å². The minimum absolute atomic E-state index is 0.0920. The first kappa shape index (κ1) is 14.6. The van der Waals surface area contributed by atoms with Gasteiger partial charge in [0.1, 0.15) is 6.04 Å². The Bertz CT molecular complexity index is 815. The van der Waals surface area contributed by atoms with Crippen LogP contribution in [-0.2, 0) is 9.59 Å². The number of hydrogen-bond acceptors (Lipinski definition) is 3. The van der Waals surface area contributed by atoms with Crippen LogP contribution in [0.1, 0.15) is 25.5 Å². The van der Waals surface area contributed by atoms with Gasteiger partial charge in [-0.15, -0.1) is 11.8 Å². The molecule has 0 bridgehead atoms. The SMILES string of the molecule is Cc1cc2cc(NC(=O)C3CSC4(C)CCC(=O)N34)ccc2[nH]1. The van der Waals surface area contributed by atoms with E-state index in [0.717, 1.165) is 28.7 Å². The molecule has 23 heavy (non-hydrogen) atoms. The third kappa shape index (κ3) is 2.32. The number of aromatic nitrogens is 1. The van der Waals surface area contributed by atoms with Crippen molar-refractivity contribution in [2.75, 3.05) is 11.1 Å². The Labute approximate surface area is 138 Å². The van der Waals surface area contributed by atoms with Crippen LogP contribution in [0.5, 0.6) is 0 Å². The molecule has 1 aromatic carbocycles. The molecule has 1 aromatic heterocycles. The fourth-order valence-electron chi connectivity index (χ4n) is 3.60. The molecule has 0 aliphatic carbocycles. The maximum absolute atomic E-state index is 12.7. The van der Waals surface area contributed by atoms with Gasteiger partial charge in [-0.25, -0.2) is 0 Å². The second-order valence-corrected chi connectivity index (χ2v) is 8.01. The van der Waals surface area contributed by atoms with Gasteiger partial charge in [0.15, 0.2) is 0 Å². The fourth-order valence-corrected chi connectivity index (χ4v) is 5.03. The molecule has 2 aromatic rings. The Morgan fingerprint density at radius 2 is 2.26 bits per heavy atom. The van der Waals surface area contributed by atoms with Crippen molar-refractivity contribution in [3.8, 4) is 0 Å². The van der Waals surface area contributed by atoms with E-state index in [1.54, 1.807) is 16.7 Å². The number of nitrogens with one attached hydrogen (secondary N) is 2. The molecule has 2 atom stereocenters. The lowest BCUT2D eigenvalue weighted by atomic mass is 10.2. The second kappa shape index (κ2) is 5.03. The highest BCUT2D eigenvalue weighted by Crippen LogP contribution is 2.47. The van der Waals surface area contributed by atoms with Gasteiger partial charge in [-0.2, -0.15) is 0 Å². The first-order valence-corrected chi connectivity index (χ1v) is 8.81. The van der Waals surface area contributed by atoms with Gasteiger partial charge in [0.25, 0.3) is 0 Å². The minimum Gasteiger partial charge on any atom is -0.359 e. The third-order valence-corrected chi connectivity index (χ3v) is 6.28. The molecule has 3 heterocycles. The van der Waals surface area contributed by atoms with Crippen LogP contribution < -0.4 is 5.32 Å². The number of carbonyl (C=O) groups excluding carboxylic acids is 2. The number of nitrogens with zero attached hydrogens (tertiary/aromatic N) is 1. The molecule has 0 spiro atoms. The van der Waals surface area contributed by atoms with E-state index >= 15 is 0 Å². The topological polar surface area (TPSA) is 65.2 Å². The molecule has 2 aliphatic heterocycles. The van der Waals surface area contributed by atoms with Crippen LogP contribution in [0, 0.1) is 6.92 Å². The summed E-state index contributed by atoms with van der Waals surface area (Å²) in [5.41, 5.74) is 2.92. The third-order valence-electron chi connectivity index (χ3n) is 4.77. The highest BCUT2D eigenvalue weighted by Gasteiger charge is 2.52. The van der Waals surface area contributed by atoms with Crippen LogP contribution in [0.15, 0.2) is 24.3 Å². The number of fused-ring (bicyclic) bond motifs is 2. The van der Waals surface area contributed by atoms with Gasteiger partial charge >= 0.3 is 0 Å². The summed E-state index contributed by atoms with van der Waals surface area (Å²) in [6.07, 6.45) is 1.37. The largest absolute Gasteiger partial charge is 0.359 e. The van der Waals surface area contributed by atoms with E-state index in [1.165, 1.54) is 0 Å². The Morgan fingerprint density at radius 3 is 3.09 bits per heavy atom. The van der Waals surface area contributed by atoms with Crippen molar-refractivity contribution in [1.82, 2.24) is 9.88 Å². The molecule has 2 saturated heterocycles. The Kier molecular flexibility index (Phi) is 3.20. The molecule has 4 rings (SSSR count). The Balaban J connectivity index is 1.56. The van der Waals surface area contributed by atoms with Gasteiger partial charge in [-0.05, 0) is 44.5 Å². The number of benzene rings is 1. The molecule has 2 unspecified atom stereocenters. The molecule has 5 nitrogen and oxygen atoms in total. The van der Waals surface area contributed by atoms with Crippen molar-refractivity contribution in [1.29, 1.82) is 0 Å². The highest BCUT2D eigenvalue weighted by molar-refractivity contribution is 8.01. The summed E-state index contributed by atoms with van der Waals surface area (Å²) in [7, 11) is 0. The predicted octanol–water partition coefficient (Wildman–Crippen LogP) is 2.87. The summed E-state index contributed by atoms with van der Waals surface area (Å²) >= 11 is 1.71. The van der Waals surface area contributed by atoms with Crippen molar-refractivity contribution in [2.45, 2.75) is 37.6 Å². The van der Waals surface area contributed by atoms with E-state index in [0.29, 0.717) is 12.2 Å². The van der Waals surface area contributed by atoms with Crippen molar-refractivity contribution in [3.63, 3.8) is 0 Å². The average Bonchev–Trinajstić information content (AvgIpc) is 3.12. The number of carbonyl (C=O) groups is 2. The van der Waals surface area contributed by atoms with Crippen molar-refractivity contribution in [3.05, 3.63) is 30.0 Å². The number of rotatable bonds is 2. The number of H-pyrrole nitrogens is 1. The molecule has 2 amide bonds. The molecule has 120 valence electrons. The maximum Gasteiger partial charge on any atom is 0.248 e. The number of hydrogen-bond donors (Lipinski definition) is 2. The van der Waals surface area contributed by atoms with E-state index in [1.807, 2.05) is 25.1 Å². The quantitative estimate of drug-likeness (QED) is 0.890. The molecule has 2 aliphatic rings. The summed E-state index contributed by atoms with van der Waals surface area (Å²) in [5.74, 6) is 0.664. The molecule has 2 N–H and O–H groups in total. The lowest BCUT2D eigenvalue weighted by Gasteiger charge is -2.29.